The molecule has 11 heteroatoms. The molecule has 0 aliphatic carbocycles. The summed E-state index contributed by atoms with van der Waals surface area (Å²) in [6.07, 6.45) is 1.19. The molecule has 1 fully saturated rings. The van der Waals surface area contributed by atoms with Gasteiger partial charge in [-0.05, 0) is 18.6 Å². The third kappa shape index (κ3) is 3.22. The smallest absolute Gasteiger partial charge is 0.276 e. The van der Waals surface area contributed by atoms with Crippen LogP contribution in [0.2, 0.25) is 5.02 Å². The van der Waals surface area contributed by atoms with E-state index < -0.39 is 29.1 Å². The molecule has 160 valence electrons. The molecule has 0 radical (unpaired) electrons. The Labute approximate surface area is 184 Å². The molecule has 2 aliphatic heterocycles. The third-order valence-electron chi connectivity index (χ3n) is 5.43. The van der Waals surface area contributed by atoms with Crippen molar-refractivity contribution in [2.24, 2.45) is 0 Å². The van der Waals surface area contributed by atoms with E-state index in [1.165, 1.54) is 21.7 Å². The van der Waals surface area contributed by atoms with Crippen molar-refractivity contribution >= 4 is 28.8 Å². The fourth-order valence-corrected chi connectivity index (χ4v) is 4.97. The van der Waals surface area contributed by atoms with Crippen molar-refractivity contribution in [2.45, 2.75) is 32.2 Å². The molecular formula is C20H16ClFN4O4S. The van der Waals surface area contributed by atoms with Crippen molar-refractivity contribution in [3.05, 3.63) is 61.7 Å². The molecule has 1 N–H and O–H groups in total. The van der Waals surface area contributed by atoms with Crippen molar-refractivity contribution in [3.63, 3.8) is 0 Å². The molecule has 0 spiro atoms. The number of rotatable bonds is 3. The minimum absolute atomic E-state index is 0.0160. The van der Waals surface area contributed by atoms with Crippen LogP contribution >= 0.6 is 22.9 Å². The summed E-state index contributed by atoms with van der Waals surface area (Å²) in [7, 11) is 0. The first-order valence-electron chi connectivity index (χ1n) is 9.51. The van der Waals surface area contributed by atoms with Crippen LogP contribution in [-0.4, -0.2) is 49.6 Å². The number of hydrogen-bond acceptors (Lipinski definition) is 7. The number of hydrogen-bond donors (Lipinski definition) is 1. The summed E-state index contributed by atoms with van der Waals surface area (Å²) in [6, 6.07) is 4.56. The molecule has 2 atom stereocenters. The Morgan fingerprint density at radius 3 is 2.97 bits per heavy atom. The van der Waals surface area contributed by atoms with E-state index in [9.17, 15) is 19.1 Å². The lowest BCUT2D eigenvalue weighted by Gasteiger charge is -2.33. The Morgan fingerprint density at radius 2 is 2.16 bits per heavy atom. The predicted molar refractivity (Wildman–Crippen MR) is 111 cm³/mol. The van der Waals surface area contributed by atoms with Crippen LogP contribution in [0, 0.1) is 5.82 Å². The van der Waals surface area contributed by atoms with Crippen LogP contribution in [0.5, 0.6) is 5.75 Å². The van der Waals surface area contributed by atoms with E-state index in [2.05, 4.69) is 10.2 Å². The van der Waals surface area contributed by atoms with E-state index in [1.54, 1.807) is 12.1 Å². The topological polar surface area (TPSA) is 97.5 Å². The summed E-state index contributed by atoms with van der Waals surface area (Å²) in [6.45, 7) is 2.52. The first-order chi connectivity index (χ1) is 14.8. The maximum Gasteiger partial charge on any atom is 0.276 e. The summed E-state index contributed by atoms with van der Waals surface area (Å²) in [5.41, 5.74) is -0.294. The number of ether oxygens (including phenoxy) is 1. The number of benzene rings is 1. The number of amides is 1. The number of pyridine rings is 1. The van der Waals surface area contributed by atoms with Crippen LogP contribution in [0.25, 0.3) is 10.6 Å². The van der Waals surface area contributed by atoms with Crippen LogP contribution in [0.3, 0.4) is 0 Å². The normalized spacial score (nSPS) is 20.1. The van der Waals surface area contributed by atoms with Crippen molar-refractivity contribution in [1.82, 2.24) is 19.7 Å². The van der Waals surface area contributed by atoms with Gasteiger partial charge in [-0.2, -0.15) is 0 Å². The zero-order valence-corrected chi connectivity index (χ0v) is 17.8. The van der Waals surface area contributed by atoms with Gasteiger partial charge in [0, 0.05) is 12.6 Å². The Bertz CT molecular complexity index is 1280. The molecule has 1 amide bonds. The van der Waals surface area contributed by atoms with Crippen molar-refractivity contribution in [3.8, 4) is 16.3 Å². The van der Waals surface area contributed by atoms with Crippen molar-refractivity contribution in [1.29, 1.82) is 0 Å². The van der Waals surface area contributed by atoms with E-state index in [4.69, 9.17) is 16.3 Å². The standard InChI is InChI=1S/C20H16ClFN4O4S/c1-9-8-30-14-7-25-6-11(17(27)18(28)16(25)20(29)26(9)14)19-24-23-13(31-19)5-10-3-2-4-12(21)15(10)22/h2-4,6,9,14,28H,5,7-8H2,1H3/t9-,14+/m1/s1. The van der Waals surface area contributed by atoms with Crippen molar-refractivity contribution in [2.75, 3.05) is 6.61 Å². The molecule has 0 saturated carbocycles. The van der Waals surface area contributed by atoms with Gasteiger partial charge in [0.15, 0.2) is 22.7 Å². The Morgan fingerprint density at radius 1 is 1.35 bits per heavy atom. The van der Waals surface area contributed by atoms with Gasteiger partial charge in [-0.15, -0.1) is 10.2 Å². The van der Waals surface area contributed by atoms with Gasteiger partial charge in [-0.1, -0.05) is 35.1 Å². The first-order valence-corrected chi connectivity index (χ1v) is 10.7. The average molecular weight is 463 g/mol. The van der Waals surface area contributed by atoms with E-state index in [1.807, 2.05) is 6.92 Å². The number of aromatic nitrogens is 3. The first kappa shape index (κ1) is 20.1. The van der Waals surface area contributed by atoms with Crippen LogP contribution in [0.15, 0.2) is 29.2 Å². The number of carbonyl (C=O) groups excluding carboxylic acids is 1. The highest BCUT2D eigenvalue weighted by molar-refractivity contribution is 7.14. The molecule has 31 heavy (non-hydrogen) atoms. The van der Waals surface area contributed by atoms with Crippen LogP contribution in [-0.2, 0) is 17.7 Å². The van der Waals surface area contributed by atoms with Gasteiger partial charge in [-0.3, -0.25) is 9.59 Å². The highest BCUT2D eigenvalue weighted by atomic mass is 35.5. The molecule has 5 rings (SSSR count). The number of halogens is 2. The molecule has 8 nitrogen and oxygen atoms in total. The SMILES string of the molecule is C[C@@H]1CO[C@H]2Cn3cc(-c4nnc(Cc5cccc(Cl)c5F)s4)c(=O)c(O)c3C(=O)N12. The van der Waals surface area contributed by atoms with Crippen LogP contribution in [0.4, 0.5) is 4.39 Å². The molecule has 4 heterocycles. The average Bonchev–Trinajstić information content (AvgIpc) is 3.35. The number of aromatic hydroxyl groups is 1. The number of carbonyl (C=O) groups is 1. The second-order valence-corrected chi connectivity index (χ2v) is 8.93. The maximum absolute atomic E-state index is 14.2. The van der Waals surface area contributed by atoms with E-state index in [0.29, 0.717) is 17.2 Å². The van der Waals surface area contributed by atoms with E-state index in [0.717, 1.165) is 11.3 Å². The maximum atomic E-state index is 14.2. The molecule has 1 aromatic carbocycles. The number of nitrogens with zero attached hydrogens (tertiary/aromatic N) is 4. The van der Waals surface area contributed by atoms with Gasteiger partial charge in [0.2, 0.25) is 5.43 Å². The molecule has 3 aromatic rings. The zero-order valence-electron chi connectivity index (χ0n) is 16.2. The molecule has 2 aromatic heterocycles. The lowest BCUT2D eigenvalue weighted by Crippen LogP contribution is -2.48. The highest BCUT2D eigenvalue weighted by Gasteiger charge is 2.42. The molecule has 2 aliphatic rings. The quantitative estimate of drug-likeness (QED) is 0.642. The predicted octanol–water partition coefficient (Wildman–Crippen LogP) is 2.66. The summed E-state index contributed by atoms with van der Waals surface area (Å²) in [5.74, 6) is -1.60. The molecule has 0 unspecified atom stereocenters. The van der Waals surface area contributed by atoms with Crippen molar-refractivity contribution < 1.29 is 19.0 Å². The van der Waals surface area contributed by atoms with Gasteiger partial charge < -0.3 is 19.3 Å². The summed E-state index contributed by atoms with van der Waals surface area (Å²) >= 11 is 6.93. The minimum atomic E-state index is -0.706. The molecular weight excluding hydrogens is 447 g/mol. The lowest BCUT2D eigenvalue weighted by atomic mass is 10.1. The second-order valence-electron chi connectivity index (χ2n) is 7.46. The summed E-state index contributed by atoms with van der Waals surface area (Å²) in [5, 5.41) is 19.4. The van der Waals surface area contributed by atoms with Gasteiger partial charge in [0.1, 0.15) is 10.8 Å². The Balaban J connectivity index is 1.51. The largest absolute Gasteiger partial charge is 0.503 e. The van der Waals surface area contributed by atoms with Gasteiger partial charge >= 0.3 is 0 Å². The summed E-state index contributed by atoms with van der Waals surface area (Å²) in [4.78, 5) is 27.2. The van der Waals surface area contributed by atoms with Crippen LogP contribution in [0.1, 0.15) is 28.0 Å². The molecule has 1 saturated heterocycles. The van der Waals surface area contributed by atoms with Gasteiger partial charge in [-0.25, -0.2) is 4.39 Å². The minimum Gasteiger partial charge on any atom is -0.503 e. The molecule has 0 bridgehead atoms. The third-order valence-corrected chi connectivity index (χ3v) is 6.68. The Kier molecular flexibility index (Phi) is 4.80. The monoisotopic (exact) mass is 462 g/mol. The fraction of sp³-hybridized carbons (Fsp3) is 0.300. The fourth-order valence-electron chi connectivity index (χ4n) is 3.91. The number of fused-ring (bicyclic) bond motifs is 2. The second kappa shape index (κ2) is 7.40. The van der Waals surface area contributed by atoms with Gasteiger partial charge in [0.25, 0.3) is 5.91 Å². The highest BCUT2D eigenvalue weighted by Crippen LogP contribution is 2.32. The lowest BCUT2D eigenvalue weighted by molar-refractivity contribution is 0.00638. The summed E-state index contributed by atoms with van der Waals surface area (Å²) < 4.78 is 21.4. The van der Waals surface area contributed by atoms with Crippen LogP contribution < -0.4 is 5.43 Å². The Hall–Kier alpha value is -2.82. The van der Waals surface area contributed by atoms with Gasteiger partial charge in [0.05, 0.1) is 29.8 Å². The van der Waals surface area contributed by atoms with E-state index in [-0.39, 0.29) is 40.3 Å². The van der Waals surface area contributed by atoms with E-state index >= 15 is 0 Å². The zero-order chi connectivity index (χ0) is 21.9.